The Balaban J connectivity index is 3.42. The number of ether oxygens (including phenoxy) is 1. The molecular weight excluding hydrogens is 486 g/mol. The minimum absolute atomic E-state index is 0.0497. The fraction of sp³-hybridized carbons (Fsp3) is 0.621. The summed E-state index contributed by atoms with van der Waals surface area (Å²) >= 11 is 4.33. The highest BCUT2D eigenvalue weighted by Crippen LogP contribution is 2.25. The standard InChI is InChI=1S/C29H45N3O4S/c1-9-11-12-13-14-19-32(26(34)23(20-37)30-27(35)36-29(6,7)8)24(25(33)31-28(3,4)5)22-17-15-21(10-2)16-18-22/h2,15-18,23-24,37H,9,11-14,19-20H2,1,3-8H3,(H,30,35)(H,31,33). The monoisotopic (exact) mass is 531 g/mol. The van der Waals surface area contributed by atoms with Gasteiger partial charge in [0.2, 0.25) is 11.8 Å². The molecule has 0 bridgehead atoms. The number of thiol groups is 1. The highest BCUT2D eigenvalue weighted by Gasteiger charge is 2.36. The first-order valence-electron chi connectivity index (χ1n) is 13.0. The smallest absolute Gasteiger partial charge is 0.408 e. The van der Waals surface area contributed by atoms with Gasteiger partial charge in [-0.05, 0) is 65.7 Å². The molecule has 1 aromatic rings. The average molecular weight is 532 g/mol. The van der Waals surface area contributed by atoms with E-state index in [1.807, 2.05) is 20.8 Å². The van der Waals surface area contributed by atoms with Crippen molar-refractivity contribution in [3.63, 3.8) is 0 Å². The summed E-state index contributed by atoms with van der Waals surface area (Å²) in [6.45, 7) is 13.4. The van der Waals surface area contributed by atoms with Crippen LogP contribution in [0.2, 0.25) is 0 Å². The lowest BCUT2D eigenvalue weighted by Gasteiger charge is -2.36. The van der Waals surface area contributed by atoms with Gasteiger partial charge in [0.1, 0.15) is 17.7 Å². The molecule has 206 valence electrons. The number of unbranched alkanes of at least 4 members (excludes halogenated alkanes) is 4. The molecule has 2 N–H and O–H groups in total. The van der Waals surface area contributed by atoms with E-state index in [2.05, 4.69) is 36.1 Å². The quantitative estimate of drug-likeness (QED) is 0.195. The summed E-state index contributed by atoms with van der Waals surface area (Å²) in [5.41, 5.74) is 0.0804. The summed E-state index contributed by atoms with van der Waals surface area (Å²) in [5, 5.41) is 5.66. The molecule has 0 aliphatic rings. The van der Waals surface area contributed by atoms with Crippen molar-refractivity contribution in [1.29, 1.82) is 0 Å². The van der Waals surface area contributed by atoms with Crippen molar-refractivity contribution in [3.8, 4) is 12.3 Å². The summed E-state index contributed by atoms with van der Waals surface area (Å²) in [4.78, 5) is 41.6. The van der Waals surface area contributed by atoms with Crippen LogP contribution in [0.1, 0.15) is 97.7 Å². The topological polar surface area (TPSA) is 87.7 Å². The van der Waals surface area contributed by atoms with E-state index in [-0.39, 0.29) is 11.7 Å². The van der Waals surface area contributed by atoms with Crippen LogP contribution in [0.5, 0.6) is 0 Å². The number of carbonyl (C=O) groups excluding carboxylic acids is 3. The van der Waals surface area contributed by atoms with Crippen LogP contribution in [0.15, 0.2) is 24.3 Å². The van der Waals surface area contributed by atoms with E-state index in [1.54, 1.807) is 49.9 Å². The Bertz CT molecular complexity index is 926. The molecule has 0 aromatic heterocycles. The second kappa shape index (κ2) is 14.9. The number of hydrogen-bond acceptors (Lipinski definition) is 5. The molecule has 1 rings (SSSR count). The largest absolute Gasteiger partial charge is 0.444 e. The molecule has 2 unspecified atom stereocenters. The molecule has 37 heavy (non-hydrogen) atoms. The van der Waals surface area contributed by atoms with E-state index in [9.17, 15) is 14.4 Å². The predicted molar refractivity (Wildman–Crippen MR) is 152 cm³/mol. The van der Waals surface area contributed by atoms with Gasteiger partial charge < -0.3 is 20.3 Å². The van der Waals surface area contributed by atoms with Crippen molar-refractivity contribution >= 4 is 30.5 Å². The van der Waals surface area contributed by atoms with E-state index in [4.69, 9.17) is 11.2 Å². The average Bonchev–Trinajstić information content (AvgIpc) is 2.79. The Kier molecular flexibility index (Phi) is 13.1. The molecule has 7 nitrogen and oxygen atoms in total. The van der Waals surface area contributed by atoms with E-state index in [0.29, 0.717) is 17.7 Å². The first kappa shape index (κ1) is 32.4. The maximum Gasteiger partial charge on any atom is 0.408 e. The van der Waals surface area contributed by atoms with Crippen LogP contribution in [-0.4, -0.2) is 52.3 Å². The van der Waals surface area contributed by atoms with Gasteiger partial charge in [-0.15, -0.1) is 6.42 Å². The van der Waals surface area contributed by atoms with Crippen molar-refractivity contribution in [1.82, 2.24) is 15.5 Å². The van der Waals surface area contributed by atoms with Crippen molar-refractivity contribution in [2.45, 2.75) is 104 Å². The van der Waals surface area contributed by atoms with Gasteiger partial charge in [0.05, 0.1) is 0 Å². The first-order chi connectivity index (χ1) is 17.2. The Morgan fingerprint density at radius 1 is 1.03 bits per heavy atom. The third-order valence-corrected chi connectivity index (χ3v) is 5.77. The predicted octanol–water partition coefficient (Wildman–Crippen LogP) is 5.25. The molecule has 0 aliphatic heterocycles. The van der Waals surface area contributed by atoms with Gasteiger partial charge in [0, 0.05) is 23.4 Å². The number of carbonyl (C=O) groups is 3. The Labute approximate surface area is 228 Å². The van der Waals surface area contributed by atoms with Gasteiger partial charge in [0.15, 0.2) is 0 Å². The molecule has 2 atom stereocenters. The number of benzene rings is 1. The van der Waals surface area contributed by atoms with Crippen LogP contribution in [0.25, 0.3) is 0 Å². The van der Waals surface area contributed by atoms with Crippen LogP contribution >= 0.6 is 12.6 Å². The molecule has 0 radical (unpaired) electrons. The van der Waals surface area contributed by atoms with Gasteiger partial charge in [-0.2, -0.15) is 12.6 Å². The number of hydrogen-bond donors (Lipinski definition) is 3. The third-order valence-electron chi connectivity index (χ3n) is 5.41. The summed E-state index contributed by atoms with van der Waals surface area (Å²) < 4.78 is 5.36. The summed E-state index contributed by atoms with van der Waals surface area (Å²) in [7, 11) is 0. The van der Waals surface area contributed by atoms with Crippen molar-refractivity contribution in [2.24, 2.45) is 0 Å². The van der Waals surface area contributed by atoms with Gasteiger partial charge in [-0.25, -0.2) is 4.79 Å². The fourth-order valence-corrected chi connectivity index (χ4v) is 4.01. The second-order valence-electron chi connectivity index (χ2n) is 11.2. The Morgan fingerprint density at radius 3 is 2.11 bits per heavy atom. The molecule has 0 fully saturated rings. The van der Waals surface area contributed by atoms with E-state index in [0.717, 1.165) is 32.1 Å². The second-order valence-corrected chi connectivity index (χ2v) is 11.6. The minimum Gasteiger partial charge on any atom is -0.444 e. The highest BCUT2D eigenvalue weighted by atomic mass is 32.1. The molecule has 0 aliphatic carbocycles. The molecule has 0 saturated heterocycles. The van der Waals surface area contributed by atoms with Crippen LogP contribution in [0.3, 0.4) is 0 Å². The van der Waals surface area contributed by atoms with Crippen LogP contribution in [0, 0.1) is 12.3 Å². The number of nitrogens with one attached hydrogen (secondary N) is 2. The maximum absolute atomic E-state index is 13.9. The fourth-order valence-electron chi connectivity index (χ4n) is 3.76. The molecule has 8 heteroatoms. The zero-order valence-corrected chi connectivity index (χ0v) is 24.4. The van der Waals surface area contributed by atoms with Crippen LogP contribution in [-0.2, 0) is 14.3 Å². The number of terminal acetylenes is 1. The van der Waals surface area contributed by atoms with E-state index < -0.39 is 35.2 Å². The number of amides is 3. The molecular formula is C29H45N3O4S. The first-order valence-corrected chi connectivity index (χ1v) is 13.6. The lowest BCUT2D eigenvalue weighted by Crippen LogP contribution is -2.55. The molecule has 3 amide bonds. The summed E-state index contributed by atoms with van der Waals surface area (Å²) in [6.07, 6.45) is 9.71. The maximum atomic E-state index is 13.9. The number of nitrogens with zero attached hydrogens (tertiary/aromatic N) is 1. The van der Waals surface area contributed by atoms with Gasteiger partial charge in [0.25, 0.3) is 0 Å². The lowest BCUT2D eigenvalue weighted by molar-refractivity contribution is -0.142. The zero-order chi connectivity index (χ0) is 28.2. The van der Waals surface area contributed by atoms with Gasteiger partial charge in [-0.3, -0.25) is 9.59 Å². The third kappa shape index (κ3) is 12.0. The lowest BCUT2D eigenvalue weighted by atomic mass is 9.99. The highest BCUT2D eigenvalue weighted by molar-refractivity contribution is 7.80. The SMILES string of the molecule is C#Cc1ccc(C(C(=O)NC(C)(C)C)N(CCCCCCC)C(=O)C(CS)NC(=O)OC(C)(C)C)cc1. The van der Waals surface area contributed by atoms with Crippen molar-refractivity contribution < 1.29 is 19.1 Å². The normalized spacial score (nSPS) is 13.2. The number of rotatable bonds is 12. The van der Waals surface area contributed by atoms with Crippen molar-refractivity contribution in [2.75, 3.05) is 12.3 Å². The molecule has 0 heterocycles. The summed E-state index contributed by atoms with van der Waals surface area (Å²) in [6, 6.07) is 5.18. The van der Waals surface area contributed by atoms with Crippen LogP contribution in [0.4, 0.5) is 4.79 Å². The van der Waals surface area contributed by atoms with Crippen molar-refractivity contribution in [3.05, 3.63) is 35.4 Å². The molecule has 0 saturated carbocycles. The Hall–Kier alpha value is -2.66. The summed E-state index contributed by atoms with van der Waals surface area (Å²) in [5.74, 6) is 1.93. The minimum atomic E-state index is -0.969. The van der Waals surface area contributed by atoms with Gasteiger partial charge >= 0.3 is 6.09 Å². The van der Waals surface area contributed by atoms with Gasteiger partial charge in [-0.1, -0.05) is 50.7 Å². The zero-order valence-electron chi connectivity index (χ0n) is 23.5. The molecule has 1 aromatic carbocycles. The van der Waals surface area contributed by atoms with E-state index in [1.165, 1.54) is 0 Å². The Morgan fingerprint density at radius 2 is 1.62 bits per heavy atom. The number of alkyl carbamates (subject to hydrolysis) is 1. The molecule has 0 spiro atoms. The van der Waals surface area contributed by atoms with E-state index >= 15 is 0 Å². The van der Waals surface area contributed by atoms with Crippen LogP contribution < -0.4 is 10.6 Å².